The molecule has 0 amide bonds. The minimum absolute atomic E-state index is 0.111. The summed E-state index contributed by atoms with van der Waals surface area (Å²) < 4.78 is 0. The summed E-state index contributed by atoms with van der Waals surface area (Å²) in [5, 5.41) is 0. The Morgan fingerprint density at radius 2 is 0.917 bits per heavy atom. The van der Waals surface area contributed by atoms with Crippen molar-refractivity contribution in [2.24, 2.45) is 5.92 Å². The van der Waals surface area contributed by atoms with Gasteiger partial charge in [0.25, 0.3) is 0 Å². The van der Waals surface area contributed by atoms with Crippen molar-refractivity contribution in [1.29, 1.82) is 0 Å². The maximum Gasteiger partial charge on any atom is 0.135 e. The highest BCUT2D eigenvalue weighted by Gasteiger charge is 2.17. The second kappa shape index (κ2) is 30.3. The number of allylic oxidation sites excluding steroid dienone is 2. The van der Waals surface area contributed by atoms with Crippen LogP contribution in [-0.4, -0.2) is 12.1 Å². The van der Waals surface area contributed by atoms with Crippen molar-refractivity contribution < 1.29 is 9.59 Å². The molecule has 1 atom stereocenters. The van der Waals surface area contributed by atoms with Gasteiger partial charge in [0.05, 0.1) is 0 Å². The molecule has 212 valence electrons. The molecule has 2 heteroatoms. The third-order valence-corrected chi connectivity index (χ3v) is 7.68. The van der Waals surface area contributed by atoms with Crippen molar-refractivity contribution in [2.75, 3.05) is 0 Å². The summed E-state index contributed by atoms with van der Waals surface area (Å²) in [4.78, 5) is 23.6. The highest BCUT2D eigenvalue weighted by Crippen LogP contribution is 2.20. The molecule has 0 heterocycles. The van der Waals surface area contributed by atoms with E-state index in [0.29, 0.717) is 12.2 Å². The Balaban J connectivity index is 3.72. The van der Waals surface area contributed by atoms with Crippen molar-refractivity contribution in [3.63, 3.8) is 0 Å². The van der Waals surface area contributed by atoms with E-state index < -0.39 is 0 Å². The molecule has 0 aliphatic rings. The molecule has 0 aromatic heterocycles. The van der Waals surface area contributed by atoms with Crippen LogP contribution in [0.15, 0.2) is 12.2 Å². The standard InChI is InChI=1S/C34H64O2/c1-3-5-7-9-11-13-15-17-19-21-23-25-27-31-34(36)33(30-28-32-35)29-26-24-22-20-18-16-14-12-10-8-6-4-2/h18,20,32-33H,3-17,19,21-31H2,1-2H3. The van der Waals surface area contributed by atoms with Crippen LogP contribution in [0.3, 0.4) is 0 Å². The number of ketones is 1. The zero-order valence-corrected chi connectivity index (χ0v) is 24.7. The monoisotopic (exact) mass is 504 g/mol. The van der Waals surface area contributed by atoms with E-state index in [9.17, 15) is 9.59 Å². The van der Waals surface area contributed by atoms with E-state index in [-0.39, 0.29) is 5.92 Å². The molecule has 2 nitrogen and oxygen atoms in total. The molecule has 0 saturated carbocycles. The highest BCUT2D eigenvalue weighted by molar-refractivity contribution is 5.81. The first-order chi connectivity index (χ1) is 17.8. The van der Waals surface area contributed by atoms with Gasteiger partial charge in [-0.05, 0) is 44.9 Å². The Bertz CT molecular complexity index is 482. The normalized spacial score (nSPS) is 12.4. The van der Waals surface area contributed by atoms with E-state index in [4.69, 9.17) is 0 Å². The third kappa shape index (κ3) is 26.2. The van der Waals surface area contributed by atoms with Crippen LogP contribution in [0, 0.1) is 5.92 Å². The Morgan fingerprint density at radius 1 is 0.500 bits per heavy atom. The van der Waals surface area contributed by atoms with Crippen molar-refractivity contribution in [1.82, 2.24) is 0 Å². The minimum atomic E-state index is 0.111. The molecule has 0 aliphatic carbocycles. The first kappa shape index (κ1) is 35.1. The summed E-state index contributed by atoms with van der Waals surface area (Å²) >= 11 is 0. The van der Waals surface area contributed by atoms with E-state index in [0.717, 1.165) is 51.2 Å². The summed E-state index contributed by atoms with van der Waals surface area (Å²) in [6.07, 6.45) is 38.8. The smallest absolute Gasteiger partial charge is 0.135 e. The maximum absolute atomic E-state index is 12.8. The summed E-state index contributed by atoms with van der Waals surface area (Å²) in [5.74, 6) is 0.526. The van der Waals surface area contributed by atoms with Crippen LogP contribution < -0.4 is 0 Å². The second-order valence-corrected chi connectivity index (χ2v) is 11.2. The number of hydrogen-bond donors (Lipinski definition) is 0. The van der Waals surface area contributed by atoms with E-state index in [2.05, 4.69) is 26.0 Å². The van der Waals surface area contributed by atoms with Crippen molar-refractivity contribution in [3.05, 3.63) is 12.2 Å². The molecule has 0 spiro atoms. The van der Waals surface area contributed by atoms with Crippen molar-refractivity contribution in [3.8, 4) is 0 Å². The van der Waals surface area contributed by atoms with Gasteiger partial charge >= 0.3 is 0 Å². The van der Waals surface area contributed by atoms with Crippen molar-refractivity contribution in [2.45, 2.75) is 187 Å². The van der Waals surface area contributed by atoms with Crippen LogP contribution in [0.5, 0.6) is 0 Å². The summed E-state index contributed by atoms with van der Waals surface area (Å²) in [7, 11) is 0. The molecule has 0 N–H and O–H groups in total. The fourth-order valence-corrected chi connectivity index (χ4v) is 5.19. The van der Waals surface area contributed by atoms with Crippen molar-refractivity contribution >= 4 is 12.1 Å². The molecule has 0 fully saturated rings. The lowest BCUT2D eigenvalue weighted by Gasteiger charge is -2.14. The largest absolute Gasteiger partial charge is 0.303 e. The van der Waals surface area contributed by atoms with Crippen LogP contribution >= 0.6 is 0 Å². The summed E-state index contributed by atoms with van der Waals surface area (Å²) in [6.45, 7) is 4.55. The van der Waals surface area contributed by atoms with Gasteiger partial charge in [0, 0.05) is 18.8 Å². The zero-order chi connectivity index (χ0) is 26.4. The van der Waals surface area contributed by atoms with Crippen LogP contribution in [0.1, 0.15) is 187 Å². The minimum Gasteiger partial charge on any atom is -0.303 e. The lowest BCUT2D eigenvalue weighted by Crippen LogP contribution is -2.15. The van der Waals surface area contributed by atoms with Crippen LogP contribution in [0.4, 0.5) is 0 Å². The number of rotatable bonds is 30. The van der Waals surface area contributed by atoms with E-state index in [1.807, 2.05) is 0 Å². The predicted octanol–water partition coefficient (Wildman–Crippen LogP) is 11.5. The van der Waals surface area contributed by atoms with E-state index >= 15 is 0 Å². The lowest BCUT2D eigenvalue weighted by molar-refractivity contribution is -0.123. The fraction of sp³-hybridized carbons (Fsp3) is 0.882. The quantitative estimate of drug-likeness (QED) is 0.0553. The van der Waals surface area contributed by atoms with Crippen LogP contribution in [-0.2, 0) is 9.59 Å². The first-order valence-corrected chi connectivity index (χ1v) is 16.4. The zero-order valence-electron chi connectivity index (χ0n) is 24.7. The number of carbonyl (C=O) groups is 2. The molecule has 0 aromatic rings. The lowest BCUT2D eigenvalue weighted by atomic mass is 9.89. The van der Waals surface area contributed by atoms with Gasteiger partial charge in [0.1, 0.15) is 12.1 Å². The number of hydrogen-bond acceptors (Lipinski definition) is 2. The molecular formula is C34H64O2. The number of aldehydes is 1. The molecule has 0 bridgehead atoms. The number of Topliss-reactive ketones (excluding diaryl/α,β-unsaturated/α-hetero) is 1. The van der Waals surface area contributed by atoms with Crippen LogP contribution in [0.2, 0.25) is 0 Å². The van der Waals surface area contributed by atoms with Gasteiger partial charge in [-0.15, -0.1) is 0 Å². The SMILES string of the molecule is CCCCCCCCC=CCCCCC(CCC=O)C(=O)CCCCCCCCCCCCCCC. The Morgan fingerprint density at radius 3 is 1.39 bits per heavy atom. The Hall–Kier alpha value is -0.920. The van der Waals surface area contributed by atoms with Gasteiger partial charge in [-0.3, -0.25) is 4.79 Å². The average molecular weight is 505 g/mol. The highest BCUT2D eigenvalue weighted by atomic mass is 16.1. The van der Waals surface area contributed by atoms with E-state index in [1.165, 1.54) is 122 Å². The molecule has 0 aromatic carbocycles. The molecule has 0 rings (SSSR count). The predicted molar refractivity (Wildman–Crippen MR) is 160 cm³/mol. The van der Waals surface area contributed by atoms with Gasteiger partial charge in [-0.25, -0.2) is 0 Å². The molecule has 0 radical (unpaired) electrons. The third-order valence-electron chi connectivity index (χ3n) is 7.68. The van der Waals surface area contributed by atoms with E-state index in [1.54, 1.807) is 0 Å². The number of unbranched alkanes of at least 4 members (excludes halogenated alkanes) is 20. The Kier molecular flexibility index (Phi) is 29.5. The summed E-state index contributed by atoms with van der Waals surface area (Å²) in [5.41, 5.74) is 0. The fourth-order valence-electron chi connectivity index (χ4n) is 5.19. The average Bonchev–Trinajstić information content (AvgIpc) is 2.89. The van der Waals surface area contributed by atoms with Gasteiger partial charge in [0.15, 0.2) is 0 Å². The van der Waals surface area contributed by atoms with Gasteiger partial charge in [0.2, 0.25) is 0 Å². The first-order valence-electron chi connectivity index (χ1n) is 16.4. The number of carbonyl (C=O) groups excluding carboxylic acids is 2. The maximum atomic E-state index is 12.8. The van der Waals surface area contributed by atoms with Gasteiger partial charge < -0.3 is 4.79 Å². The Labute approximate surface area is 226 Å². The van der Waals surface area contributed by atoms with Crippen LogP contribution in [0.25, 0.3) is 0 Å². The molecular weight excluding hydrogens is 440 g/mol. The van der Waals surface area contributed by atoms with Gasteiger partial charge in [-0.1, -0.05) is 142 Å². The second-order valence-electron chi connectivity index (χ2n) is 11.2. The topological polar surface area (TPSA) is 34.1 Å². The van der Waals surface area contributed by atoms with Gasteiger partial charge in [-0.2, -0.15) is 0 Å². The molecule has 0 aliphatic heterocycles. The molecule has 36 heavy (non-hydrogen) atoms. The molecule has 0 saturated heterocycles. The summed E-state index contributed by atoms with van der Waals surface area (Å²) in [6, 6.07) is 0. The molecule has 1 unspecified atom stereocenters.